The third kappa shape index (κ3) is 2.72. The highest BCUT2D eigenvalue weighted by atomic mass is 35.5. The molecule has 2 aliphatic heterocycles. The maximum absolute atomic E-state index is 12.2. The SMILES string of the molecule is CS(=O)(=O)N1CCc2c(-c3ccc(Cl)cc3)cc3c(c2C1)NC(=O)C3=O. The Morgan fingerprint density at radius 1 is 1.08 bits per heavy atom. The molecule has 0 unspecified atom stereocenters. The van der Waals surface area contributed by atoms with E-state index < -0.39 is 21.7 Å². The first kappa shape index (κ1) is 17.2. The summed E-state index contributed by atoms with van der Waals surface area (Å²) >= 11 is 5.97. The molecule has 4 rings (SSSR count). The molecule has 0 spiro atoms. The molecule has 0 fully saturated rings. The smallest absolute Gasteiger partial charge is 0.296 e. The fourth-order valence-corrected chi connectivity index (χ4v) is 4.43. The monoisotopic (exact) mass is 390 g/mol. The van der Waals surface area contributed by atoms with Gasteiger partial charge in [0.05, 0.1) is 17.5 Å². The first-order valence-electron chi connectivity index (χ1n) is 8.01. The zero-order valence-corrected chi connectivity index (χ0v) is 15.4. The second-order valence-electron chi connectivity index (χ2n) is 6.44. The van der Waals surface area contributed by atoms with Gasteiger partial charge in [-0.05, 0) is 46.9 Å². The molecule has 8 heteroatoms. The molecule has 0 radical (unpaired) electrons. The Labute approximate surface area is 155 Å². The van der Waals surface area contributed by atoms with Crippen LogP contribution >= 0.6 is 11.6 Å². The second kappa shape index (κ2) is 5.90. The lowest BCUT2D eigenvalue weighted by Crippen LogP contribution is -2.35. The van der Waals surface area contributed by atoms with Gasteiger partial charge in [-0.3, -0.25) is 9.59 Å². The zero-order chi connectivity index (χ0) is 18.6. The van der Waals surface area contributed by atoms with Crippen molar-refractivity contribution in [3.05, 3.63) is 52.0 Å². The Kier molecular flexibility index (Phi) is 3.91. The van der Waals surface area contributed by atoms with Gasteiger partial charge in [-0.2, -0.15) is 4.31 Å². The van der Waals surface area contributed by atoms with Crippen molar-refractivity contribution in [1.29, 1.82) is 0 Å². The van der Waals surface area contributed by atoms with E-state index in [0.717, 1.165) is 22.9 Å². The lowest BCUT2D eigenvalue weighted by atomic mass is 9.88. The molecule has 1 N–H and O–H groups in total. The van der Waals surface area contributed by atoms with Gasteiger partial charge in [-0.15, -0.1) is 0 Å². The summed E-state index contributed by atoms with van der Waals surface area (Å²) in [5, 5.41) is 3.20. The van der Waals surface area contributed by atoms with E-state index in [1.807, 2.05) is 12.1 Å². The number of anilines is 1. The van der Waals surface area contributed by atoms with Crippen molar-refractivity contribution in [1.82, 2.24) is 4.31 Å². The first-order chi connectivity index (χ1) is 12.3. The summed E-state index contributed by atoms with van der Waals surface area (Å²) in [6, 6.07) is 8.93. The van der Waals surface area contributed by atoms with Crippen LogP contribution in [-0.2, 0) is 27.8 Å². The average molecular weight is 391 g/mol. The van der Waals surface area contributed by atoms with Crippen LogP contribution in [0, 0.1) is 0 Å². The van der Waals surface area contributed by atoms with Crippen molar-refractivity contribution in [2.24, 2.45) is 0 Å². The number of ketones is 1. The van der Waals surface area contributed by atoms with Gasteiger partial charge in [0.25, 0.3) is 11.7 Å². The number of rotatable bonds is 2. The molecular weight excluding hydrogens is 376 g/mol. The van der Waals surface area contributed by atoms with Crippen LogP contribution in [0.25, 0.3) is 11.1 Å². The Hall–Kier alpha value is -2.22. The number of benzene rings is 2. The summed E-state index contributed by atoms with van der Waals surface area (Å²) in [6.07, 6.45) is 1.66. The van der Waals surface area contributed by atoms with Crippen LogP contribution in [-0.4, -0.2) is 37.2 Å². The van der Waals surface area contributed by atoms with Crippen LogP contribution in [0.2, 0.25) is 5.02 Å². The van der Waals surface area contributed by atoms with Crippen molar-refractivity contribution in [3.8, 4) is 11.1 Å². The van der Waals surface area contributed by atoms with Crippen molar-refractivity contribution in [2.75, 3.05) is 18.1 Å². The molecule has 0 aliphatic carbocycles. The number of hydrogen-bond acceptors (Lipinski definition) is 4. The van der Waals surface area contributed by atoms with Crippen LogP contribution in [0.4, 0.5) is 5.69 Å². The number of Topliss-reactive ketones (excluding diaryl/α,β-unsaturated/α-hetero) is 1. The number of sulfonamides is 1. The zero-order valence-electron chi connectivity index (χ0n) is 13.9. The predicted molar refractivity (Wildman–Crippen MR) is 98.8 cm³/mol. The molecule has 2 aromatic rings. The Morgan fingerprint density at radius 3 is 2.42 bits per heavy atom. The summed E-state index contributed by atoms with van der Waals surface area (Å²) in [5.74, 6) is -1.29. The Bertz CT molecular complexity index is 1060. The molecule has 0 aromatic heterocycles. The molecule has 1 amide bonds. The Balaban J connectivity index is 1.94. The molecule has 26 heavy (non-hydrogen) atoms. The largest absolute Gasteiger partial charge is 0.318 e. The number of carbonyl (C=O) groups is 2. The van der Waals surface area contributed by atoms with Crippen LogP contribution in [0.3, 0.4) is 0 Å². The van der Waals surface area contributed by atoms with E-state index >= 15 is 0 Å². The topological polar surface area (TPSA) is 83.6 Å². The Morgan fingerprint density at radius 2 is 1.77 bits per heavy atom. The molecule has 2 aromatic carbocycles. The van der Waals surface area contributed by atoms with Gasteiger partial charge in [-0.25, -0.2) is 8.42 Å². The normalized spacial score (nSPS) is 17.0. The highest BCUT2D eigenvalue weighted by Gasteiger charge is 2.36. The summed E-state index contributed by atoms with van der Waals surface area (Å²) < 4.78 is 25.3. The summed E-state index contributed by atoms with van der Waals surface area (Å²) in [6.45, 7) is 0.485. The van der Waals surface area contributed by atoms with Crippen molar-refractivity contribution < 1.29 is 18.0 Å². The summed E-state index contributed by atoms with van der Waals surface area (Å²) in [5.41, 5.74) is 4.04. The molecule has 0 atom stereocenters. The lowest BCUT2D eigenvalue weighted by Gasteiger charge is -2.30. The van der Waals surface area contributed by atoms with Crippen LogP contribution < -0.4 is 5.32 Å². The second-order valence-corrected chi connectivity index (χ2v) is 8.86. The minimum atomic E-state index is -3.38. The van der Waals surface area contributed by atoms with Gasteiger partial charge in [0, 0.05) is 18.1 Å². The molecular formula is C18H15ClN2O4S. The average Bonchev–Trinajstić information content (AvgIpc) is 2.89. The van der Waals surface area contributed by atoms with Gasteiger partial charge in [0.15, 0.2) is 0 Å². The number of halogens is 1. The summed E-state index contributed by atoms with van der Waals surface area (Å²) in [4.78, 5) is 24.1. The molecule has 0 saturated carbocycles. The minimum Gasteiger partial charge on any atom is -0.318 e. The van der Waals surface area contributed by atoms with Gasteiger partial charge in [0.2, 0.25) is 10.0 Å². The van der Waals surface area contributed by atoms with E-state index in [4.69, 9.17) is 11.6 Å². The van der Waals surface area contributed by atoms with E-state index in [1.165, 1.54) is 4.31 Å². The highest BCUT2D eigenvalue weighted by molar-refractivity contribution is 7.88. The van der Waals surface area contributed by atoms with Gasteiger partial charge in [-0.1, -0.05) is 23.7 Å². The first-order valence-corrected chi connectivity index (χ1v) is 10.2. The van der Waals surface area contributed by atoms with Gasteiger partial charge < -0.3 is 5.32 Å². The quantitative estimate of drug-likeness (QED) is 0.798. The highest BCUT2D eigenvalue weighted by Crippen LogP contribution is 2.40. The van der Waals surface area contributed by atoms with Crippen LogP contribution in [0.5, 0.6) is 0 Å². The maximum atomic E-state index is 12.2. The number of amides is 1. The minimum absolute atomic E-state index is 0.130. The van der Waals surface area contributed by atoms with Gasteiger partial charge in [0.1, 0.15) is 0 Å². The number of fused-ring (bicyclic) bond motifs is 3. The number of hydrogen-bond donors (Lipinski definition) is 1. The van der Waals surface area contributed by atoms with E-state index in [1.54, 1.807) is 18.2 Å². The molecule has 2 heterocycles. The maximum Gasteiger partial charge on any atom is 0.296 e. The van der Waals surface area contributed by atoms with Crippen molar-refractivity contribution in [2.45, 2.75) is 13.0 Å². The lowest BCUT2D eigenvalue weighted by molar-refractivity contribution is -0.112. The third-order valence-electron chi connectivity index (χ3n) is 4.81. The number of nitrogens with zero attached hydrogens (tertiary/aromatic N) is 1. The van der Waals surface area contributed by atoms with Crippen molar-refractivity contribution >= 4 is 39.0 Å². The van der Waals surface area contributed by atoms with E-state index in [0.29, 0.717) is 29.2 Å². The molecule has 6 nitrogen and oxygen atoms in total. The van der Waals surface area contributed by atoms with Crippen molar-refractivity contribution in [3.63, 3.8) is 0 Å². The molecule has 0 bridgehead atoms. The van der Waals surface area contributed by atoms with Gasteiger partial charge >= 0.3 is 0 Å². The molecule has 134 valence electrons. The molecule has 0 saturated heterocycles. The standard InChI is InChI=1S/C18H15ClN2O4S/c1-26(24,25)21-7-6-12-13(10-2-4-11(19)5-3-10)8-14-16(15(12)9-21)20-18(23)17(14)22/h2-5,8H,6-7,9H2,1H3,(H,20,22,23). The summed E-state index contributed by atoms with van der Waals surface area (Å²) in [7, 11) is -3.38. The fourth-order valence-electron chi connectivity index (χ4n) is 3.52. The van der Waals surface area contributed by atoms with Crippen LogP contribution in [0.15, 0.2) is 30.3 Å². The van der Waals surface area contributed by atoms with E-state index in [2.05, 4.69) is 5.32 Å². The number of carbonyl (C=O) groups excluding carboxylic acids is 2. The number of nitrogens with one attached hydrogen (secondary N) is 1. The van der Waals surface area contributed by atoms with E-state index in [-0.39, 0.29) is 12.1 Å². The predicted octanol–water partition coefficient (Wildman–Crippen LogP) is 2.46. The van der Waals surface area contributed by atoms with Crippen LogP contribution in [0.1, 0.15) is 21.5 Å². The van der Waals surface area contributed by atoms with E-state index in [9.17, 15) is 18.0 Å². The molecule has 2 aliphatic rings. The fraction of sp³-hybridized carbons (Fsp3) is 0.222. The third-order valence-corrected chi connectivity index (χ3v) is 6.31.